The lowest BCUT2D eigenvalue weighted by Crippen LogP contribution is -2.64. The molecule has 0 bridgehead atoms. The lowest BCUT2D eigenvalue weighted by Gasteiger charge is -2.44. The third-order valence-electron chi connectivity index (χ3n) is 7.31. The molecule has 0 radical (unpaired) electrons. The van der Waals surface area contributed by atoms with Gasteiger partial charge in [0.1, 0.15) is 11.3 Å². The summed E-state index contributed by atoms with van der Waals surface area (Å²) in [6.07, 6.45) is 6.67. The zero-order valence-corrected chi connectivity index (χ0v) is 19.9. The minimum absolute atomic E-state index is 0.0981. The van der Waals surface area contributed by atoms with Gasteiger partial charge in [0.2, 0.25) is 5.91 Å². The van der Waals surface area contributed by atoms with Crippen LogP contribution in [0, 0.1) is 0 Å². The molecule has 2 amide bonds. The number of para-hydroxylation sites is 2. The van der Waals surface area contributed by atoms with Gasteiger partial charge in [0, 0.05) is 12.6 Å². The van der Waals surface area contributed by atoms with Crippen molar-refractivity contribution in [3.63, 3.8) is 0 Å². The predicted molar refractivity (Wildman–Crippen MR) is 131 cm³/mol. The molecule has 2 aromatic carbocycles. The lowest BCUT2D eigenvalue weighted by molar-refractivity contribution is -0.134. The first-order valence-electron chi connectivity index (χ1n) is 12.2. The van der Waals surface area contributed by atoms with Gasteiger partial charge in [0.15, 0.2) is 5.82 Å². The maximum Gasteiger partial charge on any atom is 0.291 e. The molecule has 7 nitrogen and oxygen atoms in total. The molecule has 1 atom stereocenters. The molecule has 1 fully saturated rings. The largest absolute Gasteiger partial charge is 0.497 e. The maximum atomic E-state index is 13.9. The lowest BCUT2D eigenvalue weighted by atomic mass is 9.93. The Labute approximate surface area is 200 Å². The number of methoxy groups -OCH3 is 1. The highest BCUT2D eigenvalue weighted by molar-refractivity contribution is 6.01. The van der Waals surface area contributed by atoms with E-state index in [2.05, 4.69) is 10.3 Å². The van der Waals surface area contributed by atoms with Crippen molar-refractivity contribution in [3.05, 3.63) is 59.9 Å². The number of nitrogens with one attached hydrogen (secondary N) is 1. The van der Waals surface area contributed by atoms with Gasteiger partial charge >= 0.3 is 0 Å². The third kappa shape index (κ3) is 4.04. The molecule has 1 aromatic heterocycles. The summed E-state index contributed by atoms with van der Waals surface area (Å²) >= 11 is 0. The highest BCUT2D eigenvalue weighted by atomic mass is 16.5. The molecule has 1 N–H and O–H groups in total. The van der Waals surface area contributed by atoms with Gasteiger partial charge in [-0.3, -0.25) is 9.59 Å². The third-order valence-corrected chi connectivity index (χ3v) is 7.31. The van der Waals surface area contributed by atoms with Gasteiger partial charge in [0.25, 0.3) is 5.91 Å². The number of aromatic nitrogens is 2. The average molecular weight is 461 g/mol. The van der Waals surface area contributed by atoms with Gasteiger partial charge in [-0.2, -0.15) is 0 Å². The van der Waals surface area contributed by atoms with E-state index in [9.17, 15) is 9.59 Å². The van der Waals surface area contributed by atoms with Crippen LogP contribution in [0.15, 0.2) is 48.5 Å². The zero-order valence-electron chi connectivity index (χ0n) is 19.9. The predicted octanol–water partition coefficient (Wildman–Crippen LogP) is 4.30. The number of rotatable bonds is 5. The Hall–Kier alpha value is -3.35. The maximum absolute atomic E-state index is 13.9. The smallest absolute Gasteiger partial charge is 0.291 e. The van der Waals surface area contributed by atoms with Crippen LogP contribution < -0.4 is 10.1 Å². The van der Waals surface area contributed by atoms with Gasteiger partial charge in [-0.1, -0.05) is 49.9 Å². The number of ether oxygens (including phenoxy) is 1. The highest BCUT2D eigenvalue weighted by Gasteiger charge is 2.48. The van der Waals surface area contributed by atoms with E-state index in [1.54, 1.807) is 12.0 Å². The van der Waals surface area contributed by atoms with Gasteiger partial charge in [0.05, 0.1) is 24.7 Å². The molecule has 5 rings (SSSR count). The Bertz CT molecular complexity index is 1210. The Morgan fingerprint density at radius 3 is 2.65 bits per heavy atom. The van der Waals surface area contributed by atoms with E-state index < -0.39 is 5.54 Å². The van der Waals surface area contributed by atoms with Gasteiger partial charge < -0.3 is 19.5 Å². The summed E-state index contributed by atoms with van der Waals surface area (Å²) in [5, 5.41) is 3.31. The fourth-order valence-corrected chi connectivity index (χ4v) is 5.30. The highest BCUT2D eigenvalue weighted by Crippen LogP contribution is 2.33. The van der Waals surface area contributed by atoms with Crippen molar-refractivity contribution < 1.29 is 14.3 Å². The van der Waals surface area contributed by atoms with E-state index in [1.165, 1.54) is 12.8 Å². The molecule has 2 aliphatic rings. The van der Waals surface area contributed by atoms with Crippen LogP contribution in [0.5, 0.6) is 5.75 Å². The van der Waals surface area contributed by atoms with Gasteiger partial charge in [-0.05, 0) is 49.6 Å². The van der Waals surface area contributed by atoms with Crippen LogP contribution in [0.1, 0.15) is 61.6 Å². The van der Waals surface area contributed by atoms with E-state index in [0.717, 1.165) is 48.0 Å². The topological polar surface area (TPSA) is 76.5 Å². The fraction of sp³-hybridized carbons (Fsp3) is 0.444. The standard InChI is InChI=1S/C27H32N4O3/c1-27(26(33)28-20-11-5-3-4-6-12-20)18-30-23-15-8-7-14-22(23)29-24(30)25(32)31(27)17-19-10-9-13-21(16-19)34-2/h7-10,13-16,20H,3-6,11-12,17-18H2,1-2H3,(H,28,33). The Balaban J connectivity index is 1.53. The second-order valence-corrected chi connectivity index (χ2v) is 9.69. The second-order valence-electron chi connectivity index (χ2n) is 9.69. The summed E-state index contributed by atoms with van der Waals surface area (Å²) in [5.74, 6) is 0.769. The average Bonchev–Trinajstić information content (AvgIpc) is 3.02. The number of hydrogen-bond donors (Lipinski definition) is 1. The number of carbonyl (C=O) groups excluding carboxylic acids is 2. The van der Waals surface area contributed by atoms with Crippen molar-refractivity contribution in [1.82, 2.24) is 19.8 Å². The molecule has 1 aliphatic heterocycles. The molecular weight excluding hydrogens is 428 g/mol. The first-order chi connectivity index (χ1) is 16.5. The molecular formula is C27H32N4O3. The van der Waals surface area contributed by atoms with Crippen molar-refractivity contribution in [2.45, 2.75) is 70.1 Å². The number of benzene rings is 2. The Kier molecular flexibility index (Phi) is 6.02. The van der Waals surface area contributed by atoms with Crippen molar-refractivity contribution in [3.8, 4) is 5.75 Å². The van der Waals surface area contributed by atoms with Crippen LogP contribution in [0.3, 0.4) is 0 Å². The van der Waals surface area contributed by atoms with Crippen molar-refractivity contribution in [1.29, 1.82) is 0 Å². The minimum Gasteiger partial charge on any atom is -0.497 e. The Morgan fingerprint density at radius 1 is 1.12 bits per heavy atom. The molecule has 7 heteroatoms. The van der Waals surface area contributed by atoms with Crippen LogP contribution >= 0.6 is 0 Å². The van der Waals surface area contributed by atoms with E-state index in [4.69, 9.17) is 4.74 Å². The van der Waals surface area contributed by atoms with E-state index in [0.29, 0.717) is 18.9 Å². The first kappa shape index (κ1) is 22.4. The fourth-order valence-electron chi connectivity index (χ4n) is 5.30. The minimum atomic E-state index is -1.05. The molecule has 178 valence electrons. The molecule has 1 saturated carbocycles. The summed E-state index contributed by atoms with van der Waals surface area (Å²) < 4.78 is 7.29. The molecule has 2 heterocycles. The molecule has 0 spiro atoms. The zero-order chi connectivity index (χ0) is 23.7. The summed E-state index contributed by atoms with van der Waals surface area (Å²) in [4.78, 5) is 34.0. The summed E-state index contributed by atoms with van der Waals surface area (Å²) in [7, 11) is 1.62. The molecule has 1 aliphatic carbocycles. The Morgan fingerprint density at radius 2 is 1.88 bits per heavy atom. The van der Waals surface area contributed by atoms with E-state index in [-0.39, 0.29) is 17.9 Å². The van der Waals surface area contributed by atoms with Gasteiger partial charge in [-0.15, -0.1) is 0 Å². The van der Waals surface area contributed by atoms with Crippen LogP contribution in [0.2, 0.25) is 0 Å². The summed E-state index contributed by atoms with van der Waals surface area (Å²) in [5.41, 5.74) is 1.50. The van der Waals surface area contributed by atoms with Crippen molar-refractivity contribution in [2.24, 2.45) is 0 Å². The van der Waals surface area contributed by atoms with Crippen LogP contribution in [0.4, 0.5) is 0 Å². The summed E-state index contributed by atoms with van der Waals surface area (Å²) in [6.45, 7) is 2.54. The molecule has 34 heavy (non-hydrogen) atoms. The van der Waals surface area contributed by atoms with Crippen LogP contribution in [0.25, 0.3) is 11.0 Å². The quantitative estimate of drug-likeness (QED) is 0.576. The number of fused-ring (bicyclic) bond motifs is 3. The van der Waals surface area contributed by atoms with Gasteiger partial charge in [-0.25, -0.2) is 4.98 Å². The summed E-state index contributed by atoms with van der Waals surface area (Å²) in [6, 6.07) is 15.5. The number of amides is 2. The molecule has 0 saturated heterocycles. The number of carbonyl (C=O) groups is 2. The second kappa shape index (κ2) is 9.12. The van der Waals surface area contributed by atoms with Crippen molar-refractivity contribution >= 4 is 22.8 Å². The first-order valence-corrected chi connectivity index (χ1v) is 12.2. The van der Waals surface area contributed by atoms with E-state index in [1.807, 2.05) is 60.0 Å². The molecule has 1 unspecified atom stereocenters. The SMILES string of the molecule is COc1cccc(CN2C(=O)c3nc4ccccc4n3CC2(C)C(=O)NC2CCCCCC2)c1. The van der Waals surface area contributed by atoms with E-state index >= 15 is 0 Å². The van der Waals surface area contributed by atoms with Crippen molar-refractivity contribution in [2.75, 3.05) is 7.11 Å². The normalized spacial score (nSPS) is 21.2. The number of hydrogen-bond acceptors (Lipinski definition) is 4. The number of imidazole rings is 1. The van der Waals surface area contributed by atoms with Crippen LogP contribution in [-0.4, -0.2) is 45.0 Å². The monoisotopic (exact) mass is 460 g/mol. The molecule has 3 aromatic rings. The number of nitrogens with zero attached hydrogens (tertiary/aromatic N) is 3. The van der Waals surface area contributed by atoms with Crippen LogP contribution in [-0.2, 0) is 17.9 Å².